The summed E-state index contributed by atoms with van der Waals surface area (Å²) >= 11 is 0. The van der Waals surface area contributed by atoms with Crippen molar-refractivity contribution in [1.29, 1.82) is 0 Å². The first kappa shape index (κ1) is 17.5. The van der Waals surface area contributed by atoms with Gasteiger partial charge in [0.25, 0.3) is 0 Å². The number of nitrogens with zero attached hydrogens (tertiary/aromatic N) is 5. The Morgan fingerprint density at radius 1 is 0.852 bits per heavy atom. The van der Waals surface area contributed by atoms with Crippen LogP contribution in [0.2, 0.25) is 0 Å². The van der Waals surface area contributed by atoms with Gasteiger partial charge >= 0.3 is 0 Å². The summed E-state index contributed by atoms with van der Waals surface area (Å²) in [6.45, 7) is 8.92. The Labute approximate surface area is 159 Å². The summed E-state index contributed by atoms with van der Waals surface area (Å²) in [5.74, 6) is 1.65. The van der Waals surface area contributed by atoms with Crippen molar-refractivity contribution < 1.29 is 0 Å². The third-order valence-electron chi connectivity index (χ3n) is 5.11. The monoisotopic (exact) mass is 359 g/mol. The molecule has 2 aromatic carbocycles. The maximum absolute atomic E-state index is 4.51. The molecule has 0 N–H and O–H groups in total. The molecule has 5 heteroatoms. The molecule has 5 nitrogen and oxygen atoms in total. The fraction of sp³-hybridized carbons (Fsp3) is 0.318. The van der Waals surface area contributed by atoms with Crippen LogP contribution >= 0.6 is 0 Å². The number of aryl methyl sites for hydroxylation is 1. The van der Waals surface area contributed by atoms with Gasteiger partial charge in [-0.05, 0) is 35.1 Å². The van der Waals surface area contributed by atoms with Gasteiger partial charge < -0.3 is 4.57 Å². The Kier molecular flexibility index (Phi) is 4.30. The molecule has 0 saturated carbocycles. The second-order valence-corrected chi connectivity index (χ2v) is 7.65. The highest BCUT2D eigenvalue weighted by Gasteiger charge is 2.20. The summed E-state index contributed by atoms with van der Waals surface area (Å²) in [5, 5.41) is 8.79. The van der Waals surface area contributed by atoms with Crippen LogP contribution in [0.1, 0.15) is 50.7 Å². The van der Waals surface area contributed by atoms with Crippen molar-refractivity contribution in [3.8, 4) is 17.1 Å². The van der Waals surface area contributed by atoms with Gasteiger partial charge in [-0.1, -0.05) is 52.0 Å². The lowest BCUT2D eigenvalue weighted by molar-refractivity contribution is 0.806. The molecule has 2 aromatic heterocycles. The van der Waals surface area contributed by atoms with Gasteiger partial charge in [-0.15, -0.1) is 10.2 Å². The van der Waals surface area contributed by atoms with E-state index in [1.807, 2.05) is 36.4 Å². The molecule has 0 aliphatic rings. The van der Waals surface area contributed by atoms with Crippen molar-refractivity contribution in [3.63, 3.8) is 0 Å². The van der Waals surface area contributed by atoms with Crippen molar-refractivity contribution in [2.45, 2.75) is 39.5 Å². The molecule has 138 valence electrons. The van der Waals surface area contributed by atoms with E-state index in [1.54, 1.807) is 0 Å². The molecule has 4 aromatic rings. The standard InChI is InChI=1S/C22H25N5/c1-14(2)16-8-6-9-17(15(3)4)20(16)27-13-24-25-22(27)18-10-7-11-19-21(18)26(5)12-23-19/h6-15H,1-5H3. The zero-order valence-corrected chi connectivity index (χ0v) is 16.5. The first-order chi connectivity index (χ1) is 13.0. The lowest BCUT2D eigenvalue weighted by atomic mass is 9.92. The minimum atomic E-state index is 0.404. The molecule has 0 unspecified atom stereocenters. The van der Waals surface area contributed by atoms with E-state index in [0.717, 1.165) is 22.4 Å². The molecule has 4 rings (SSSR count). The number of fused-ring (bicyclic) bond motifs is 1. The van der Waals surface area contributed by atoms with Crippen LogP contribution in [0.3, 0.4) is 0 Å². The van der Waals surface area contributed by atoms with Gasteiger partial charge in [0.15, 0.2) is 5.82 Å². The van der Waals surface area contributed by atoms with E-state index in [2.05, 4.69) is 71.7 Å². The molecule has 0 amide bonds. The van der Waals surface area contributed by atoms with Crippen molar-refractivity contribution in [2.75, 3.05) is 0 Å². The molecule has 2 heterocycles. The molecule has 0 fully saturated rings. The highest BCUT2D eigenvalue weighted by atomic mass is 15.3. The Hall–Kier alpha value is -2.95. The Balaban J connectivity index is 2.03. The molecule has 0 spiro atoms. The zero-order chi connectivity index (χ0) is 19.1. The Bertz CT molecular complexity index is 1070. The maximum Gasteiger partial charge on any atom is 0.170 e. The summed E-state index contributed by atoms with van der Waals surface area (Å²) in [6, 6.07) is 12.7. The second kappa shape index (κ2) is 6.65. The number of rotatable bonds is 4. The van der Waals surface area contributed by atoms with E-state index in [4.69, 9.17) is 0 Å². The smallest absolute Gasteiger partial charge is 0.170 e. The van der Waals surface area contributed by atoms with Crippen molar-refractivity contribution in [2.24, 2.45) is 7.05 Å². The lowest BCUT2D eigenvalue weighted by Gasteiger charge is -2.21. The molecule has 27 heavy (non-hydrogen) atoms. The minimum absolute atomic E-state index is 0.404. The van der Waals surface area contributed by atoms with Crippen LogP contribution in [0.25, 0.3) is 28.1 Å². The van der Waals surface area contributed by atoms with Crippen LogP contribution < -0.4 is 0 Å². The van der Waals surface area contributed by atoms with Gasteiger partial charge in [-0.2, -0.15) is 0 Å². The maximum atomic E-state index is 4.51. The van der Waals surface area contributed by atoms with E-state index in [1.165, 1.54) is 16.8 Å². The fourth-order valence-corrected chi connectivity index (χ4v) is 3.77. The van der Waals surface area contributed by atoms with Gasteiger partial charge in [0.05, 0.1) is 23.0 Å². The van der Waals surface area contributed by atoms with Crippen molar-refractivity contribution in [3.05, 3.63) is 60.2 Å². The van der Waals surface area contributed by atoms with Gasteiger partial charge in [0.2, 0.25) is 0 Å². The van der Waals surface area contributed by atoms with E-state index in [9.17, 15) is 0 Å². The van der Waals surface area contributed by atoms with Crippen LogP contribution in [0.15, 0.2) is 49.1 Å². The molecular weight excluding hydrogens is 334 g/mol. The highest BCUT2D eigenvalue weighted by molar-refractivity contribution is 5.90. The molecular formula is C22H25N5. The summed E-state index contributed by atoms with van der Waals surface area (Å²) in [6.07, 6.45) is 3.67. The predicted molar refractivity (Wildman–Crippen MR) is 109 cm³/mol. The second-order valence-electron chi connectivity index (χ2n) is 7.65. The number of imidazole rings is 1. The largest absolute Gasteiger partial charge is 0.333 e. The number of hydrogen-bond donors (Lipinski definition) is 0. The number of hydrogen-bond acceptors (Lipinski definition) is 3. The van der Waals surface area contributed by atoms with Gasteiger partial charge in [0, 0.05) is 12.6 Å². The zero-order valence-electron chi connectivity index (χ0n) is 16.5. The molecule has 0 atom stereocenters. The topological polar surface area (TPSA) is 48.5 Å². The molecule has 0 aliphatic heterocycles. The summed E-state index contributed by atoms with van der Waals surface area (Å²) in [7, 11) is 2.02. The highest BCUT2D eigenvalue weighted by Crippen LogP contribution is 2.35. The third kappa shape index (κ3) is 2.83. The fourth-order valence-electron chi connectivity index (χ4n) is 3.77. The lowest BCUT2D eigenvalue weighted by Crippen LogP contribution is -2.08. The van der Waals surface area contributed by atoms with Gasteiger partial charge in [-0.25, -0.2) is 4.98 Å². The minimum Gasteiger partial charge on any atom is -0.333 e. The predicted octanol–water partition coefficient (Wildman–Crippen LogP) is 5.07. The Morgan fingerprint density at radius 2 is 1.52 bits per heavy atom. The van der Waals surface area contributed by atoms with Crippen LogP contribution in [-0.4, -0.2) is 24.3 Å². The molecule has 0 radical (unpaired) electrons. The van der Waals surface area contributed by atoms with Crippen LogP contribution in [0.5, 0.6) is 0 Å². The first-order valence-electron chi connectivity index (χ1n) is 9.42. The van der Waals surface area contributed by atoms with E-state index in [-0.39, 0.29) is 0 Å². The molecule has 0 aliphatic carbocycles. The van der Waals surface area contributed by atoms with Crippen molar-refractivity contribution in [1.82, 2.24) is 24.3 Å². The van der Waals surface area contributed by atoms with E-state index in [0.29, 0.717) is 11.8 Å². The van der Waals surface area contributed by atoms with Crippen LogP contribution in [0, 0.1) is 0 Å². The van der Waals surface area contributed by atoms with Gasteiger partial charge in [-0.3, -0.25) is 4.57 Å². The SMILES string of the molecule is CC(C)c1cccc(C(C)C)c1-n1cnnc1-c1cccc2ncn(C)c12. The summed E-state index contributed by atoms with van der Waals surface area (Å²) in [5.41, 5.74) is 6.88. The first-order valence-corrected chi connectivity index (χ1v) is 9.42. The quantitative estimate of drug-likeness (QED) is 0.511. The average molecular weight is 359 g/mol. The number of aromatic nitrogens is 5. The normalized spacial score (nSPS) is 11.8. The van der Waals surface area contributed by atoms with Crippen molar-refractivity contribution >= 4 is 11.0 Å². The molecule has 0 saturated heterocycles. The van der Waals surface area contributed by atoms with Crippen LogP contribution in [0.4, 0.5) is 0 Å². The van der Waals surface area contributed by atoms with Gasteiger partial charge in [0.1, 0.15) is 6.33 Å². The average Bonchev–Trinajstić information content (AvgIpc) is 3.28. The van der Waals surface area contributed by atoms with E-state index >= 15 is 0 Å². The van der Waals surface area contributed by atoms with Crippen LogP contribution in [-0.2, 0) is 7.05 Å². The summed E-state index contributed by atoms with van der Waals surface area (Å²) < 4.78 is 4.19. The Morgan fingerprint density at radius 3 is 2.19 bits per heavy atom. The third-order valence-corrected chi connectivity index (χ3v) is 5.11. The molecule has 0 bridgehead atoms. The van der Waals surface area contributed by atoms with E-state index < -0.39 is 0 Å². The number of benzene rings is 2. The summed E-state index contributed by atoms with van der Waals surface area (Å²) in [4.78, 5) is 4.49. The number of para-hydroxylation sites is 2.